The van der Waals surface area contributed by atoms with Gasteiger partial charge in [-0.25, -0.2) is 13.4 Å². The van der Waals surface area contributed by atoms with Gasteiger partial charge in [0.25, 0.3) is 0 Å². The van der Waals surface area contributed by atoms with Crippen molar-refractivity contribution in [3.8, 4) is 0 Å². The summed E-state index contributed by atoms with van der Waals surface area (Å²) >= 11 is 1.35. The second kappa shape index (κ2) is 4.04. The Morgan fingerprint density at radius 2 is 2.07 bits per heavy atom. The Labute approximate surface area is 91.9 Å². The van der Waals surface area contributed by atoms with Gasteiger partial charge in [0.1, 0.15) is 5.75 Å². The molecule has 0 N–H and O–H groups in total. The van der Waals surface area contributed by atoms with Gasteiger partial charge in [0.05, 0.1) is 5.69 Å². The van der Waals surface area contributed by atoms with E-state index in [1.54, 1.807) is 6.92 Å². The fourth-order valence-electron chi connectivity index (χ4n) is 0.894. The first-order valence-corrected chi connectivity index (χ1v) is 7.15. The summed E-state index contributed by atoms with van der Waals surface area (Å²) in [6.45, 7) is 1.78. The maximum atomic E-state index is 10.9. The van der Waals surface area contributed by atoms with E-state index in [2.05, 4.69) is 4.98 Å². The third-order valence-corrected chi connectivity index (χ3v) is 4.04. The van der Waals surface area contributed by atoms with Crippen molar-refractivity contribution in [2.45, 2.75) is 12.7 Å². The lowest BCUT2D eigenvalue weighted by Crippen LogP contribution is -2.07. The molecular formula is C7H11ClN2O2S2. The SMILES string of the molecule is Cc1nc(N(C)C)sc1CS(=O)(=O)Cl. The molecule has 0 saturated heterocycles. The van der Waals surface area contributed by atoms with E-state index < -0.39 is 9.05 Å². The molecule has 1 heterocycles. The average molecular weight is 255 g/mol. The van der Waals surface area contributed by atoms with Gasteiger partial charge in [-0.15, -0.1) is 11.3 Å². The van der Waals surface area contributed by atoms with Crippen molar-refractivity contribution in [1.29, 1.82) is 0 Å². The summed E-state index contributed by atoms with van der Waals surface area (Å²) in [6, 6.07) is 0. The second-order valence-electron chi connectivity index (χ2n) is 3.08. The fourth-order valence-corrected chi connectivity index (χ4v) is 3.42. The Morgan fingerprint density at radius 3 is 2.43 bits per heavy atom. The maximum Gasteiger partial charge on any atom is 0.237 e. The molecule has 1 aromatic heterocycles. The molecule has 0 aliphatic rings. The molecule has 0 aliphatic heterocycles. The zero-order valence-electron chi connectivity index (χ0n) is 8.11. The number of thiazole rings is 1. The maximum absolute atomic E-state index is 10.9. The number of aromatic nitrogens is 1. The largest absolute Gasteiger partial charge is 0.354 e. The minimum absolute atomic E-state index is 0.147. The first kappa shape index (κ1) is 11.7. The van der Waals surface area contributed by atoms with Gasteiger partial charge in [-0.2, -0.15) is 0 Å². The summed E-state index contributed by atoms with van der Waals surface area (Å²) in [6.07, 6.45) is 0. The van der Waals surface area contributed by atoms with Crippen LogP contribution in [0, 0.1) is 6.92 Å². The van der Waals surface area contributed by atoms with Gasteiger partial charge in [0, 0.05) is 29.7 Å². The summed E-state index contributed by atoms with van der Waals surface area (Å²) in [5.74, 6) is -0.147. The van der Waals surface area contributed by atoms with Crippen molar-refractivity contribution in [2.75, 3.05) is 19.0 Å². The van der Waals surface area contributed by atoms with Crippen LogP contribution in [0.3, 0.4) is 0 Å². The average Bonchev–Trinajstić information content (AvgIpc) is 2.29. The van der Waals surface area contributed by atoms with E-state index in [0.29, 0.717) is 4.88 Å². The highest BCUT2D eigenvalue weighted by molar-refractivity contribution is 8.13. The Balaban J connectivity index is 3.00. The van der Waals surface area contributed by atoms with E-state index in [-0.39, 0.29) is 5.75 Å². The number of aryl methyl sites for hydroxylation is 1. The highest BCUT2D eigenvalue weighted by Gasteiger charge is 2.15. The first-order chi connectivity index (χ1) is 6.29. The molecule has 0 radical (unpaired) electrons. The van der Waals surface area contributed by atoms with Crippen molar-refractivity contribution in [3.05, 3.63) is 10.6 Å². The minimum Gasteiger partial charge on any atom is -0.354 e. The molecule has 0 aromatic carbocycles. The Morgan fingerprint density at radius 1 is 1.50 bits per heavy atom. The normalized spacial score (nSPS) is 11.7. The zero-order valence-corrected chi connectivity index (χ0v) is 10.5. The van der Waals surface area contributed by atoms with Crippen LogP contribution >= 0.6 is 22.0 Å². The van der Waals surface area contributed by atoms with Crippen LogP contribution in [0.5, 0.6) is 0 Å². The van der Waals surface area contributed by atoms with Crippen LogP contribution in [0.15, 0.2) is 0 Å². The topological polar surface area (TPSA) is 50.3 Å². The highest BCUT2D eigenvalue weighted by Crippen LogP contribution is 2.26. The fraction of sp³-hybridized carbons (Fsp3) is 0.571. The lowest BCUT2D eigenvalue weighted by Gasteiger charge is -2.05. The van der Waals surface area contributed by atoms with Crippen molar-refractivity contribution < 1.29 is 8.42 Å². The molecular weight excluding hydrogens is 244 g/mol. The molecule has 0 spiro atoms. The van der Waals surface area contributed by atoms with Crippen LogP contribution < -0.4 is 4.90 Å². The Kier molecular flexibility index (Phi) is 3.39. The van der Waals surface area contributed by atoms with E-state index in [1.165, 1.54) is 11.3 Å². The molecule has 0 unspecified atom stereocenters. The lowest BCUT2D eigenvalue weighted by molar-refractivity contribution is 0.609. The van der Waals surface area contributed by atoms with Gasteiger partial charge < -0.3 is 4.90 Å². The second-order valence-corrected chi connectivity index (χ2v) is 6.92. The Hall–Kier alpha value is -0.330. The molecule has 4 nitrogen and oxygen atoms in total. The third kappa shape index (κ3) is 3.11. The smallest absolute Gasteiger partial charge is 0.237 e. The van der Waals surface area contributed by atoms with E-state index in [9.17, 15) is 8.42 Å². The van der Waals surface area contributed by atoms with Crippen molar-refractivity contribution in [1.82, 2.24) is 4.98 Å². The van der Waals surface area contributed by atoms with Gasteiger partial charge in [-0.1, -0.05) is 0 Å². The number of hydrogen-bond donors (Lipinski definition) is 0. The predicted octanol–water partition coefficient (Wildman–Crippen LogP) is 1.59. The third-order valence-electron chi connectivity index (χ3n) is 1.57. The van der Waals surface area contributed by atoms with Gasteiger partial charge >= 0.3 is 0 Å². The molecule has 7 heteroatoms. The monoisotopic (exact) mass is 254 g/mol. The van der Waals surface area contributed by atoms with Crippen LogP contribution in [-0.2, 0) is 14.8 Å². The zero-order chi connectivity index (χ0) is 10.9. The standard InChI is InChI=1S/C7H11ClN2O2S2/c1-5-6(4-14(8,11)12)13-7(9-5)10(2)3/h4H2,1-3H3. The lowest BCUT2D eigenvalue weighted by atomic mass is 10.4. The highest BCUT2D eigenvalue weighted by atomic mass is 35.7. The van der Waals surface area contributed by atoms with Crippen LogP contribution in [0.1, 0.15) is 10.6 Å². The molecule has 0 atom stereocenters. The molecule has 0 saturated carbocycles. The van der Waals surface area contributed by atoms with Crippen LogP contribution in [0.25, 0.3) is 0 Å². The van der Waals surface area contributed by atoms with Crippen LogP contribution in [0.4, 0.5) is 5.13 Å². The predicted molar refractivity (Wildman–Crippen MR) is 59.7 cm³/mol. The summed E-state index contributed by atoms with van der Waals surface area (Å²) in [5, 5.41) is 0.790. The number of nitrogens with zero attached hydrogens (tertiary/aromatic N) is 2. The molecule has 0 fully saturated rings. The molecule has 0 aliphatic carbocycles. The molecule has 1 rings (SSSR count). The summed E-state index contributed by atoms with van der Waals surface area (Å²) in [4.78, 5) is 6.75. The molecule has 0 bridgehead atoms. The van der Waals surface area contributed by atoms with Gasteiger partial charge in [-0.05, 0) is 6.92 Å². The van der Waals surface area contributed by atoms with E-state index in [0.717, 1.165) is 10.8 Å². The molecule has 14 heavy (non-hydrogen) atoms. The number of halogens is 1. The van der Waals surface area contributed by atoms with E-state index in [4.69, 9.17) is 10.7 Å². The summed E-state index contributed by atoms with van der Waals surface area (Å²) in [5.41, 5.74) is 0.725. The number of hydrogen-bond acceptors (Lipinski definition) is 5. The van der Waals surface area contributed by atoms with Crippen molar-refractivity contribution in [3.63, 3.8) is 0 Å². The first-order valence-electron chi connectivity index (χ1n) is 3.85. The molecule has 0 amide bonds. The molecule has 80 valence electrons. The van der Waals surface area contributed by atoms with E-state index in [1.807, 2.05) is 19.0 Å². The minimum atomic E-state index is -3.49. The van der Waals surface area contributed by atoms with Crippen LogP contribution in [-0.4, -0.2) is 27.5 Å². The van der Waals surface area contributed by atoms with Crippen molar-refractivity contribution in [2.24, 2.45) is 0 Å². The quantitative estimate of drug-likeness (QED) is 0.769. The molecule has 1 aromatic rings. The van der Waals surface area contributed by atoms with E-state index >= 15 is 0 Å². The van der Waals surface area contributed by atoms with Gasteiger partial charge in [0.15, 0.2) is 5.13 Å². The van der Waals surface area contributed by atoms with Crippen molar-refractivity contribution >= 4 is 36.2 Å². The van der Waals surface area contributed by atoms with Crippen LogP contribution in [0.2, 0.25) is 0 Å². The van der Waals surface area contributed by atoms with Gasteiger partial charge in [0.2, 0.25) is 9.05 Å². The summed E-state index contributed by atoms with van der Waals surface area (Å²) < 4.78 is 21.7. The number of rotatable bonds is 3. The van der Waals surface area contributed by atoms with Gasteiger partial charge in [-0.3, -0.25) is 0 Å². The number of anilines is 1. The Bertz CT molecular complexity index is 425. The summed E-state index contributed by atoms with van der Waals surface area (Å²) in [7, 11) is 5.39.